The van der Waals surface area contributed by atoms with Gasteiger partial charge in [0.05, 0.1) is 12.2 Å². The summed E-state index contributed by atoms with van der Waals surface area (Å²) < 4.78 is 11.2. The van der Waals surface area contributed by atoms with E-state index in [1.165, 1.54) is 0 Å². The van der Waals surface area contributed by atoms with E-state index < -0.39 is 0 Å². The monoisotopic (exact) mass is 186 g/mol. The highest BCUT2D eigenvalue weighted by atomic mass is 16.7. The third-order valence-electron chi connectivity index (χ3n) is 2.88. The molecular formula is C10H18O3. The average Bonchev–Trinajstić information content (AvgIpc) is 2.62. The maximum atomic E-state index is 9.30. The van der Waals surface area contributed by atoms with Crippen molar-refractivity contribution in [1.82, 2.24) is 0 Å². The van der Waals surface area contributed by atoms with Crippen LogP contribution in [0.3, 0.4) is 0 Å². The smallest absolute Gasteiger partial charge is 0.158 e. The minimum Gasteiger partial charge on any atom is -0.393 e. The summed E-state index contributed by atoms with van der Waals surface area (Å²) in [6.07, 6.45) is 6.19. The first-order valence-corrected chi connectivity index (χ1v) is 5.30. The van der Waals surface area contributed by atoms with Crippen LogP contribution in [0, 0.1) is 0 Å². The number of aliphatic hydroxyl groups is 1. The summed E-state index contributed by atoms with van der Waals surface area (Å²) in [4.78, 5) is 0. The van der Waals surface area contributed by atoms with Gasteiger partial charge in [0.15, 0.2) is 6.29 Å². The van der Waals surface area contributed by atoms with Crippen molar-refractivity contribution in [2.75, 3.05) is 6.61 Å². The molecule has 2 fully saturated rings. The maximum Gasteiger partial charge on any atom is 0.158 e. The predicted octanol–water partition coefficient (Wildman–Crippen LogP) is 1.44. The lowest BCUT2D eigenvalue weighted by molar-refractivity contribution is -0.155. The number of aliphatic hydroxyl groups excluding tert-OH is 1. The molecule has 2 rings (SSSR count). The summed E-state index contributed by atoms with van der Waals surface area (Å²) in [6.45, 7) is 0.847. The zero-order chi connectivity index (χ0) is 9.10. The summed E-state index contributed by atoms with van der Waals surface area (Å²) in [5.74, 6) is 0. The molecule has 3 heteroatoms. The van der Waals surface area contributed by atoms with E-state index in [1.54, 1.807) is 0 Å². The summed E-state index contributed by atoms with van der Waals surface area (Å²) in [6, 6.07) is 0. The molecule has 1 saturated carbocycles. The van der Waals surface area contributed by atoms with Crippen LogP contribution in [0.1, 0.15) is 38.5 Å². The van der Waals surface area contributed by atoms with E-state index >= 15 is 0 Å². The van der Waals surface area contributed by atoms with Gasteiger partial charge in [-0.25, -0.2) is 0 Å². The molecule has 0 amide bonds. The van der Waals surface area contributed by atoms with Gasteiger partial charge in [-0.2, -0.15) is 0 Å². The molecule has 13 heavy (non-hydrogen) atoms. The van der Waals surface area contributed by atoms with Crippen LogP contribution in [-0.4, -0.2) is 30.2 Å². The molecular weight excluding hydrogens is 168 g/mol. The van der Waals surface area contributed by atoms with Gasteiger partial charge in [-0.15, -0.1) is 0 Å². The Bertz CT molecular complexity index is 146. The molecule has 1 heterocycles. The Labute approximate surface area is 79.0 Å². The fourth-order valence-corrected chi connectivity index (χ4v) is 2.05. The van der Waals surface area contributed by atoms with Gasteiger partial charge in [0.25, 0.3) is 0 Å². The highest BCUT2D eigenvalue weighted by molar-refractivity contribution is 4.72. The fourth-order valence-electron chi connectivity index (χ4n) is 2.05. The Morgan fingerprint density at radius 1 is 1.08 bits per heavy atom. The van der Waals surface area contributed by atoms with Crippen molar-refractivity contribution in [2.45, 2.75) is 57.0 Å². The number of hydrogen-bond donors (Lipinski definition) is 1. The van der Waals surface area contributed by atoms with Crippen molar-refractivity contribution in [1.29, 1.82) is 0 Å². The first-order valence-electron chi connectivity index (χ1n) is 5.30. The van der Waals surface area contributed by atoms with Gasteiger partial charge in [-0.1, -0.05) is 0 Å². The Balaban J connectivity index is 1.69. The van der Waals surface area contributed by atoms with Crippen LogP contribution in [0.15, 0.2) is 0 Å². The molecule has 1 aliphatic carbocycles. The molecule has 1 aliphatic heterocycles. The molecule has 0 bridgehead atoms. The first-order chi connectivity index (χ1) is 6.34. The Morgan fingerprint density at radius 3 is 2.46 bits per heavy atom. The fraction of sp³-hybridized carbons (Fsp3) is 1.00. The third-order valence-corrected chi connectivity index (χ3v) is 2.88. The summed E-state index contributed by atoms with van der Waals surface area (Å²) >= 11 is 0. The highest BCUT2D eigenvalue weighted by Crippen LogP contribution is 2.24. The Kier molecular flexibility index (Phi) is 3.19. The van der Waals surface area contributed by atoms with Gasteiger partial charge in [-0.3, -0.25) is 0 Å². The average molecular weight is 186 g/mol. The number of hydrogen-bond acceptors (Lipinski definition) is 3. The molecule has 76 valence electrons. The van der Waals surface area contributed by atoms with Gasteiger partial charge < -0.3 is 14.6 Å². The zero-order valence-corrected chi connectivity index (χ0v) is 7.95. The predicted molar refractivity (Wildman–Crippen MR) is 48.3 cm³/mol. The van der Waals surface area contributed by atoms with Gasteiger partial charge in [0, 0.05) is 13.0 Å². The molecule has 0 spiro atoms. The molecule has 2 aliphatic rings. The maximum absolute atomic E-state index is 9.30. The summed E-state index contributed by atoms with van der Waals surface area (Å²) in [5, 5.41) is 9.30. The summed E-state index contributed by atoms with van der Waals surface area (Å²) in [5.41, 5.74) is 0. The highest BCUT2D eigenvalue weighted by Gasteiger charge is 2.24. The van der Waals surface area contributed by atoms with E-state index in [0.29, 0.717) is 6.10 Å². The van der Waals surface area contributed by atoms with E-state index in [-0.39, 0.29) is 12.4 Å². The van der Waals surface area contributed by atoms with Crippen LogP contribution < -0.4 is 0 Å². The van der Waals surface area contributed by atoms with E-state index in [1.807, 2.05) is 0 Å². The van der Waals surface area contributed by atoms with Crippen molar-refractivity contribution in [3.8, 4) is 0 Å². The first kappa shape index (κ1) is 9.44. The van der Waals surface area contributed by atoms with Crippen LogP contribution in [0.2, 0.25) is 0 Å². The van der Waals surface area contributed by atoms with E-state index in [9.17, 15) is 5.11 Å². The topological polar surface area (TPSA) is 38.7 Å². The lowest BCUT2D eigenvalue weighted by Crippen LogP contribution is -2.28. The minimum atomic E-state index is -0.0932. The normalized spacial score (nSPS) is 40.8. The van der Waals surface area contributed by atoms with Crippen molar-refractivity contribution in [2.24, 2.45) is 0 Å². The van der Waals surface area contributed by atoms with E-state index in [0.717, 1.165) is 45.1 Å². The quantitative estimate of drug-likeness (QED) is 0.709. The summed E-state index contributed by atoms with van der Waals surface area (Å²) in [7, 11) is 0. The standard InChI is InChI=1S/C10H18O3/c11-8-3-5-9(6-4-8)13-10-2-1-7-12-10/h8-11H,1-7H2. The molecule has 0 aromatic carbocycles. The van der Waals surface area contributed by atoms with Crippen LogP contribution >= 0.6 is 0 Å². The van der Waals surface area contributed by atoms with Gasteiger partial charge in [0.1, 0.15) is 0 Å². The second-order valence-electron chi connectivity index (χ2n) is 4.01. The Morgan fingerprint density at radius 2 is 1.85 bits per heavy atom. The Hall–Kier alpha value is -0.120. The molecule has 0 aromatic rings. The molecule has 1 saturated heterocycles. The molecule has 1 unspecified atom stereocenters. The van der Waals surface area contributed by atoms with Crippen LogP contribution in [0.25, 0.3) is 0 Å². The van der Waals surface area contributed by atoms with Crippen molar-refractivity contribution in [3.05, 3.63) is 0 Å². The molecule has 0 radical (unpaired) electrons. The third kappa shape index (κ3) is 2.66. The lowest BCUT2D eigenvalue weighted by atomic mass is 9.95. The SMILES string of the molecule is OC1CCC(OC2CCCO2)CC1. The van der Waals surface area contributed by atoms with Crippen LogP contribution in [0.5, 0.6) is 0 Å². The second-order valence-corrected chi connectivity index (χ2v) is 4.01. The van der Waals surface area contributed by atoms with Gasteiger partial charge >= 0.3 is 0 Å². The van der Waals surface area contributed by atoms with Gasteiger partial charge in [0.2, 0.25) is 0 Å². The van der Waals surface area contributed by atoms with Gasteiger partial charge in [-0.05, 0) is 32.1 Å². The largest absolute Gasteiger partial charge is 0.393 e. The molecule has 1 N–H and O–H groups in total. The molecule has 0 aromatic heterocycles. The minimum absolute atomic E-state index is 0.0419. The van der Waals surface area contributed by atoms with E-state index in [4.69, 9.17) is 9.47 Å². The van der Waals surface area contributed by atoms with E-state index in [2.05, 4.69) is 0 Å². The van der Waals surface area contributed by atoms with Crippen LogP contribution in [-0.2, 0) is 9.47 Å². The lowest BCUT2D eigenvalue weighted by Gasteiger charge is -2.27. The van der Waals surface area contributed by atoms with Crippen molar-refractivity contribution >= 4 is 0 Å². The second kappa shape index (κ2) is 4.40. The van der Waals surface area contributed by atoms with Crippen LogP contribution in [0.4, 0.5) is 0 Å². The number of rotatable bonds is 2. The zero-order valence-electron chi connectivity index (χ0n) is 7.95. The molecule has 3 nitrogen and oxygen atoms in total. The number of ether oxygens (including phenoxy) is 2. The van der Waals surface area contributed by atoms with Crippen molar-refractivity contribution < 1.29 is 14.6 Å². The van der Waals surface area contributed by atoms with Crippen molar-refractivity contribution in [3.63, 3.8) is 0 Å². The molecule has 1 atom stereocenters.